The van der Waals surface area contributed by atoms with Crippen LogP contribution in [0.5, 0.6) is 0 Å². The van der Waals surface area contributed by atoms with Crippen LogP contribution in [0.25, 0.3) is 0 Å². The second-order valence-electron chi connectivity index (χ2n) is 9.10. The van der Waals surface area contributed by atoms with Crippen LogP contribution in [-0.4, -0.2) is 34.1 Å². The third-order valence-electron chi connectivity index (χ3n) is 5.34. The largest absolute Gasteiger partial charge is 1.00 e. The molecule has 0 aliphatic rings. The number of aliphatic carboxylic acids is 3. The Morgan fingerprint density at radius 3 is 1.00 bits per heavy atom. The van der Waals surface area contributed by atoms with Crippen LogP contribution in [0.15, 0.2) is 42.5 Å². The predicted molar refractivity (Wildman–Crippen MR) is 151 cm³/mol. The van der Waals surface area contributed by atoms with Crippen LogP contribution < -0.4 is 69.3 Å². The molecule has 0 spiro atoms. The summed E-state index contributed by atoms with van der Waals surface area (Å²) >= 11 is 0. The third-order valence-corrected chi connectivity index (χ3v) is 5.34. The molecule has 0 atom stereocenters. The van der Waals surface area contributed by atoms with E-state index in [9.17, 15) is 19.5 Å². The number of unbranched alkanes of at least 4 members (excludes halogenated alkanes) is 15. The quantitative estimate of drug-likeness (QED) is 0.134. The van der Waals surface area contributed by atoms with E-state index in [4.69, 9.17) is 20.1 Å². The van der Waals surface area contributed by atoms with Crippen molar-refractivity contribution in [1.29, 1.82) is 0 Å². The topological polar surface area (TPSA) is 155 Å². The molecule has 0 unspecified atom stereocenters. The van der Waals surface area contributed by atoms with Gasteiger partial charge in [0.05, 0.1) is 5.97 Å². The molecule has 0 aromatic heterocycles. The zero-order chi connectivity index (χ0) is 30.2. The van der Waals surface area contributed by atoms with Crippen molar-refractivity contribution >= 4 is 23.9 Å². The second-order valence-corrected chi connectivity index (χ2v) is 9.10. The fourth-order valence-electron chi connectivity index (χ4n) is 3.34. The summed E-state index contributed by atoms with van der Waals surface area (Å²) in [4.78, 5) is 38.1. The van der Waals surface area contributed by atoms with E-state index in [1.165, 1.54) is 115 Å². The molecule has 0 aliphatic heterocycles. The third kappa shape index (κ3) is 55.4. The van der Waals surface area contributed by atoms with Gasteiger partial charge in [0.1, 0.15) is 0 Å². The summed E-state index contributed by atoms with van der Waals surface area (Å²) in [7, 11) is 0. The molecule has 1 aromatic rings. The number of carbonyl (C=O) groups is 4. The molecular formula is C31H50Na2O8. The molecule has 0 aliphatic carbocycles. The van der Waals surface area contributed by atoms with Crippen LogP contribution in [0.1, 0.15) is 134 Å². The van der Waals surface area contributed by atoms with Gasteiger partial charge in [-0.05, 0) is 12.5 Å². The van der Waals surface area contributed by atoms with Gasteiger partial charge in [-0.2, -0.15) is 0 Å². The van der Waals surface area contributed by atoms with Crippen molar-refractivity contribution < 1.29 is 98.7 Å². The molecule has 0 radical (unpaired) electrons. The summed E-state index contributed by atoms with van der Waals surface area (Å²) < 4.78 is 0. The van der Waals surface area contributed by atoms with E-state index in [-0.39, 0.29) is 64.7 Å². The van der Waals surface area contributed by atoms with Gasteiger partial charge in [0, 0.05) is 18.1 Å². The van der Waals surface area contributed by atoms with Crippen LogP contribution in [0.4, 0.5) is 0 Å². The Bertz CT molecular complexity index is 720. The first-order valence-corrected chi connectivity index (χ1v) is 14.2. The summed E-state index contributed by atoms with van der Waals surface area (Å²) in [5.41, 5.74) is 0.220. The zero-order valence-electron chi connectivity index (χ0n) is 26.2. The van der Waals surface area contributed by atoms with Gasteiger partial charge in [0.25, 0.3) is 0 Å². The Kier molecular flexibility index (Phi) is 49.5. The fourth-order valence-corrected chi connectivity index (χ4v) is 3.34. The minimum Gasteiger partial charge on any atom is -0.550 e. The minimum atomic E-state index is -1.26. The molecular weight excluding hydrogens is 546 g/mol. The number of benzene rings is 1. The van der Waals surface area contributed by atoms with E-state index in [0.717, 1.165) is 6.92 Å². The Morgan fingerprint density at radius 1 is 0.585 bits per heavy atom. The molecule has 0 fully saturated rings. The Balaban J connectivity index is -0.000000158. The van der Waals surface area contributed by atoms with E-state index in [1.807, 2.05) is 0 Å². The van der Waals surface area contributed by atoms with E-state index in [0.29, 0.717) is 12.2 Å². The van der Waals surface area contributed by atoms with Gasteiger partial charge in [0.15, 0.2) is 0 Å². The van der Waals surface area contributed by atoms with Gasteiger partial charge in [-0.1, -0.05) is 147 Å². The maximum absolute atomic E-state index is 10.1. The Labute approximate surface area is 292 Å². The van der Waals surface area contributed by atoms with Crippen molar-refractivity contribution in [1.82, 2.24) is 0 Å². The van der Waals surface area contributed by atoms with Crippen molar-refractivity contribution in [3.8, 4) is 0 Å². The summed E-state index contributed by atoms with van der Waals surface area (Å²) in [6, 6.07) is 8.06. The molecule has 0 bridgehead atoms. The molecule has 1 aromatic carbocycles. The first-order valence-electron chi connectivity index (χ1n) is 14.2. The van der Waals surface area contributed by atoms with E-state index in [2.05, 4.69) is 13.8 Å². The maximum Gasteiger partial charge on any atom is 1.00 e. The number of rotatable bonds is 18. The number of hydrogen-bond acceptors (Lipinski definition) is 6. The Morgan fingerprint density at radius 2 is 0.829 bits per heavy atom. The number of hydrogen-bond donors (Lipinski definition) is 2. The van der Waals surface area contributed by atoms with Crippen LogP contribution in [0, 0.1) is 0 Å². The summed E-state index contributed by atoms with van der Waals surface area (Å²) in [5.74, 6) is -4.73. The smallest absolute Gasteiger partial charge is 0.550 e. The van der Waals surface area contributed by atoms with Gasteiger partial charge in [-0.15, -0.1) is 0 Å². The van der Waals surface area contributed by atoms with Crippen molar-refractivity contribution in [3.05, 3.63) is 48.0 Å². The second kappa shape index (κ2) is 41.0. The fraction of sp³-hybridized carbons (Fsp3) is 0.613. The van der Waals surface area contributed by atoms with Crippen molar-refractivity contribution in [2.24, 2.45) is 0 Å². The van der Waals surface area contributed by atoms with Gasteiger partial charge in [-0.25, -0.2) is 9.59 Å². The standard InChI is InChI=1S/C18H38.C7H6O2.C4H4O4.C2H4O2.2Na/c1-3-5-7-9-11-13-15-17-18-16-14-12-10-8-6-4-2;8-7(9)6-4-2-1-3-5-6;5-3(6)1-2-4(7)8;1-2(3)4;;/h3-18H2,1-2H3;1-5H,(H,8,9);1-2H,(H,5,6)(H,7,8);1H3,(H,3,4);;/q;;;;2*+1/p-2/b;;2-1+;;;. The molecule has 1 rings (SSSR count). The van der Waals surface area contributed by atoms with Gasteiger partial charge in [-0.3, -0.25) is 0 Å². The monoisotopic (exact) mass is 596 g/mol. The van der Waals surface area contributed by atoms with Crippen LogP contribution in [0.2, 0.25) is 0 Å². The molecule has 10 heteroatoms. The SMILES string of the molecule is CC(=O)[O-].CCCCCCCCCCCCCCCCCC.O=C(O)/C=C/C(=O)O.O=C([O-])c1ccccc1.[Na+].[Na+]. The summed E-state index contributed by atoms with van der Waals surface area (Å²) in [6.07, 6.45) is 24.5. The maximum atomic E-state index is 10.1. The number of carbonyl (C=O) groups excluding carboxylic acids is 2. The molecule has 0 amide bonds. The van der Waals surface area contributed by atoms with E-state index < -0.39 is 23.9 Å². The average Bonchev–Trinajstić information content (AvgIpc) is 2.88. The van der Waals surface area contributed by atoms with Gasteiger partial charge >= 0.3 is 71.1 Å². The summed E-state index contributed by atoms with van der Waals surface area (Å²) in [5, 5.41) is 34.6. The molecule has 0 heterocycles. The average molecular weight is 597 g/mol. The van der Waals surface area contributed by atoms with Crippen LogP contribution in [0.3, 0.4) is 0 Å². The first kappa shape index (κ1) is 49.5. The summed E-state index contributed by atoms with van der Waals surface area (Å²) in [6.45, 7) is 5.56. The van der Waals surface area contributed by atoms with Crippen molar-refractivity contribution in [2.45, 2.75) is 124 Å². The van der Waals surface area contributed by atoms with E-state index in [1.54, 1.807) is 18.2 Å². The predicted octanol–water partition coefficient (Wildman–Crippen LogP) is -0.206. The zero-order valence-corrected chi connectivity index (χ0v) is 30.2. The van der Waals surface area contributed by atoms with E-state index >= 15 is 0 Å². The van der Waals surface area contributed by atoms with Gasteiger partial charge in [0.2, 0.25) is 0 Å². The first-order chi connectivity index (χ1) is 18.6. The molecule has 0 saturated carbocycles. The van der Waals surface area contributed by atoms with Crippen molar-refractivity contribution in [2.75, 3.05) is 0 Å². The molecule has 0 saturated heterocycles. The molecule has 224 valence electrons. The minimum absolute atomic E-state index is 0. The molecule has 8 nitrogen and oxygen atoms in total. The van der Waals surface area contributed by atoms with Crippen molar-refractivity contribution in [3.63, 3.8) is 0 Å². The molecule has 2 N–H and O–H groups in total. The number of carboxylic acids is 4. The van der Waals surface area contributed by atoms with Crippen LogP contribution >= 0.6 is 0 Å². The molecule has 41 heavy (non-hydrogen) atoms. The van der Waals surface area contributed by atoms with Gasteiger partial charge < -0.3 is 30.0 Å². The van der Waals surface area contributed by atoms with Crippen LogP contribution in [-0.2, 0) is 14.4 Å². The number of aromatic carboxylic acids is 1. The number of carboxylic acid groups (broad SMARTS) is 4. The normalized spacial score (nSPS) is 9.24. The Hall–Kier alpha value is -1.16.